The molecule has 67 heavy (non-hydrogen) atoms. The second-order valence-corrected chi connectivity index (χ2v) is 17.2. The van der Waals surface area contributed by atoms with Gasteiger partial charge in [-0.15, -0.1) is 0 Å². The third-order valence-electron chi connectivity index (χ3n) is 13.4. The molecule has 0 radical (unpaired) electrons. The second-order valence-electron chi connectivity index (χ2n) is 17.2. The Morgan fingerprint density at radius 3 is 1.31 bits per heavy atom. The molecule has 13 rings (SSSR count). The van der Waals surface area contributed by atoms with Crippen LogP contribution in [0.1, 0.15) is 0 Å². The Labute approximate surface area is 388 Å². The molecule has 1 aromatic heterocycles. The fourth-order valence-corrected chi connectivity index (χ4v) is 10.4. The zero-order chi connectivity index (χ0) is 44.3. The van der Waals surface area contributed by atoms with Crippen molar-refractivity contribution in [3.8, 4) is 22.3 Å². The van der Waals surface area contributed by atoms with Crippen LogP contribution in [0.2, 0.25) is 0 Å². The molecule has 12 aromatic carbocycles. The van der Waals surface area contributed by atoms with Crippen LogP contribution < -0.4 is 9.80 Å². The summed E-state index contributed by atoms with van der Waals surface area (Å²) in [7, 11) is 0. The van der Waals surface area contributed by atoms with Gasteiger partial charge in [0, 0.05) is 55.7 Å². The number of furan rings is 1. The first kappa shape index (κ1) is 38.5. The maximum absolute atomic E-state index is 6.86. The average molecular weight is 855 g/mol. The van der Waals surface area contributed by atoms with Gasteiger partial charge in [-0.05, 0) is 104 Å². The van der Waals surface area contributed by atoms with E-state index in [-0.39, 0.29) is 0 Å². The highest BCUT2D eigenvalue weighted by atomic mass is 16.3. The molecular weight excluding hydrogens is 813 g/mol. The molecule has 0 atom stereocenters. The molecule has 0 aliphatic rings. The van der Waals surface area contributed by atoms with Gasteiger partial charge in [0.15, 0.2) is 0 Å². The minimum atomic E-state index is 0.864. The zero-order valence-corrected chi connectivity index (χ0v) is 36.6. The van der Waals surface area contributed by atoms with Gasteiger partial charge in [-0.1, -0.05) is 194 Å². The molecule has 0 N–H and O–H groups in total. The predicted octanol–water partition coefficient (Wildman–Crippen LogP) is 18.5. The molecule has 0 aliphatic heterocycles. The molecule has 0 amide bonds. The molecule has 0 unspecified atom stereocenters. The number of nitrogens with zero attached hydrogens (tertiary/aromatic N) is 2. The zero-order valence-electron chi connectivity index (χ0n) is 36.6. The summed E-state index contributed by atoms with van der Waals surface area (Å²) in [5.74, 6) is 0. The quantitative estimate of drug-likeness (QED) is 0.142. The summed E-state index contributed by atoms with van der Waals surface area (Å²) in [6.45, 7) is 0. The van der Waals surface area contributed by atoms with E-state index >= 15 is 0 Å². The van der Waals surface area contributed by atoms with Crippen molar-refractivity contribution in [2.45, 2.75) is 0 Å². The normalized spacial score (nSPS) is 11.6. The lowest BCUT2D eigenvalue weighted by molar-refractivity contribution is 0.669. The van der Waals surface area contributed by atoms with Gasteiger partial charge in [-0.25, -0.2) is 0 Å². The lowest BCUT2D eigenvalue weighted by atomic mass is 9.89. The molecule has 13 aromatic rings. The van der Waals surface area contributed by atoms with Gasteiger partial charge < -0.3 is 14.2 Å². The molecule has 0 aliphatic carbocycles. The van der Waals surface area contributed by atoms with Crippen LogP contribution in [-0.2, 0) is 0 Å². The fourth-order valence-electron chi connectivity index (χ4n) is 10.4. The number of hydrogen-bond acceptors (Lipinski definition) is 3. The third-order valence-corrected chi connectivity index (χ3v) is 13.4. The Morgan fingerprint density at radius 1 is 0.269 bits per heavy atom. The Kier molecular flexibility index (Phi) is 9.17. The van der Waals surface area contributed by atoms with Gasteiger partial charge in [0.25, 0.3) is 0 Å². The smallest absolute Gasteiger partial charge is 0.138 e. The summed E-state index contributed by atoms with van der Waals surface area (Å²) in [4.78, 5) is 4.80. The van der Waals surface area contributed by atoms with Crippen molar-refractivity contribution in [3.05, 3.63) is 255 Å². The maximum atomic E-state index is 6.86. The van der Waals surface area contributed by atoms with E-state index in [1.807, 2.05) is 0 Å². The van der Waals surface area contributed by atoms with Crippen LogP contribution in [0.25, 0.3) is 87.3 Å². The van der Waals surface area contributed by atoms with Gasteiger partial charge in [-0.3, -0.25) is 0 Å². The number of para-hydroxylation sites is 2. The highest BCUT2D eigenvalue weighted by Gasteiger charge is 2.26. The first-order valence-corrected chi connectivity index (χ1v) is 22.9. The molecular formula is C64H42N2O. The number of hydrogen-bond donors (Lipinski definition) is 0. The van der Waals surface area contributed by atoms with Crippen molar-refractivity contribution in [1.29, 1.82) is 0 Å². The largest absolute Gasteiger partial charge is 0.456 e. The van der Waals surface area contributed by atoms with E-state index < -0.39 is 0 Å². The monoisotopic (exact) mass is 854 g/mol. The van der Waals surface area contributed by atoms with Crippen LogP contribution in [0.4, 0.5) is 34.1 Å². The van der Waals surface area contributed by atoms with Crippen molar-refractivity contribution in [3.63, 3.8) is 0 Å². The molecule has 0 bridgehead atoms. The van der Waals surface area contributed by atoms with Gasteiger partial charge in [-0.2, -0.15) is 0 Å². The predicted molar refractivity (Wildman–Crippen MR) is 284 cm³/mol. The number of fused-ring (bicyclic) bond motifs is 9. The molecule has 0 spiro atoms. The SMILES string of the molecule is c1ccc(-c2ccc(N(c3ccccc3)c3ccc(-c4c5ccccc5c(N(c5ccccc5)c5cc6oc7ccc8ccccc8c7c6c6ccccc56)c5ccccc45)cc3)cc2)cc1. The van der Waals surface area contributed by atoms with Crippen molar-refractivity contribution in [2.24, 2.45) is 0 Å². The molecule has 3 heteroatoms. The number of anilines is 6. The molecule has 314 valence electrons. The first-order chi connectivity index (χ1) is 33.3. The Bertz CT molecular complexity index is 3900. The van der Waals surface area contributed by atoms with Crippen LogP contribution >= 0.6 is 0 Å². The van der Waals surface area contributed by atoms with E-state index in [2.05, 4.69) is 265 Å². The van der Waals surface area contributed by atoms with Crippen LogP contribution in [0.5, 0.6) is 0 Å². The highest BCUT2D eigenvalue weighted by Crippen LogP contribution is 2.51. The summed E-state index contributed by atoms with van der Waals surface area (Å²) < 4.78 is 6.86. The molecule has 1 heterocycles. The van der Waals surface area contributed by atoms with Crippen molar-refractivity contribution >= 4 is 99.2 Å². The minimum absolute atomic E-state index is 0.864. The van der Waals surface area contributed by atoms with Gasteiger partial charge in [0.05, 0.1) is 11.4 Å². The van der Waals surface area contributed by atoms with E-state index in [0.29, 0.717) is 0 Å². The minimum Gasteiger partial charge on any atom is -0.456 e. The highest BCUT2D eigenvalue weighted by molar-refractivity contribution is 6.30. The van der Waals surface area contributed by atoms with Crippen molar-refractivity contribution in [2.75, 3.05) is 9.80 Å². The molecule has 0 saturated heterocycles. The molecule has 0 saturated carbocycles. The topological polar surface area (TPSA) is 19.6 Å². The standard InChI is InChI=1S/C64H42N2O/c1-4-18-43(19-5-1)44-32-37-49(38-33-44)65(47-21-6-2-7-22-47)50-39-34-46(35-40-50)61-54-28-14-16-30-56(54)64(57-31-17-15-29-55(57)61)66(48-23-8-3-9-24-48)58-42-60-63(53-27-13-12-26-52(53)58)62-51-25-11-10-20-45(51)36-41-59(62)67-60/h1-42H. The number of rotatable bonds is 8. The summed E-state index contributed by atoms with van der Waals surface area (Å²) in [5.41, 5.74) is 13.1. The molecule has 3 nitrogen and oxygen atoms in total. The van der Waals surface area contributed by atoms with Gasteiger partial charge in [0.1, 0.15) is 11.2 Å². The van der Waals surface area contributed by atoms with Crippen LogP contribution in [0, 0.1) is 0 Å². The van der Waals surface area contributed by atoms with Gasteiger partial charge in [0.2, 0.25) is 0 Å². The fraction of sp³-hybridized carbons (Fsp3) is 0. The maximum Gasteiger partial charge on any atom is 0.138 e. The lowest BCUT2D eigenvalue weighted by Gasteiger charge is -2.30. The number of benzene rings is 12. The van der Waals surface area contributed by atoms with Crippen LogP contribution in [-0.4, -0.2) is 0 Å². The Morgan fingerprint density at radius 2 is 0.701 bits per heavy atom. The summed E-state index contributed by atoms with van der Waals surface area (Å²) in [6, 6.07) is 91.8. The third kappa shape index (κ3) is 6.43. The van der Waals surface area contributed by atoms with Crippen LogP contribution in [0.15, 0.2) is 259 Å². The van der Waals surface area contributed by atoms with Gasteiger partial charge >= 0.3 is 0 Å². The van der Waals surface area contributed by atoms with Crippen molar-refractivity contribution < 1.29 is 4.42 Å². The summed E-state index contributed by atoms with van der Waals surface area (Å²) in [6.07, 6.45) is 0. The van der Waals surface area contributed by atoms with E-state index in [0.717, 1.165) is 83.2 Å². The van der Waals surface area contributed by atoms with E-state index in [4.69, 9.17) is 4.42 Å². The average Bonchev–Trinajstić information content (AvgIpc) is 3.79. The van der Waals surface area contributed by atoms with E-state index in [1.54, 1.807) is 0 Å². The first-order valence-electron chi connectivity index (χ1n) is 22.9. The lowest BCUT2D eigenvalue weighted by Crippen LogP contribution is -2.12. The second kappa shape index (κ2) is 16.0. The summed E-state index contributed by atoms with van der Waals surface area (Å²) >= 11 is 0. The molecule has 0 fully saturated rings. The summed E-state index contributed by atoms with van der Waals surface area (Å²) in [5, 5.41) is 11.7. The van der Waals surface area contributed by atoms with E-state index in [9.17, 15) is 0 Å². The Hall–Kier alpha value is -8.92. The Balaban J connectivity index is 1.01. The van der Waals surface area contributed by atoms with Crippen LogP contribution in [0.3, 0.4) is 0 Å². The van der Waals surface area contributed by atoms with Crippen molar-refractivity contribution in [1.82, 2.24) is 0 Å². The van der Waals surface area contributed by atoms with E-state index in [1.165, 1.54) is 38.2 Å².